The molecule has 2 nitrogen and oxygen atoms in total. The Labute approximate surface area is 89.6 Å². The van der Waals surface area contributed by atoms with Crippen molar-refractivity contribution in [3.05, 3.63) is 22.7 Å². The normalized spacial score (nSPS) is 11.3. The molecule has 0 atom stereocenters. The summed E-state index contributed by atoms with van der Waals surface area (Å²) in [4.78, 5) is 0. The Balaban J connectivity index is 3.44. The fourth-order valence-corrected chi connectivity index (χ4v) is 1.36. The van der Waals surface area contributed by atoms with E-state index in [1.54, 1.807) is 0 Å². The molecule has 6 heteroatoms. The first-order valence-electron chi connectivity index (χ1n) is 3.89. The quantitative estimate of drug-likeness (QED) is 0.789. The molecule has 0 spiro atoms. The van der Waals surface area contributed by atoms with Gasteiger partial charge in [0, 0.05) is 5.02 Å². The van der Waals surface area contributed by atoms with Gasteiger partial charge in [0.2, 0.25) is 0 Å². The van der Waals surface area contributed by atoms with Crippen LogP contribution in [0.25, 0.3) is 0 Å². The fraction of sp³-hybridized carbons (Fsp3) is 0.333. The lowest BCUT2D eigenvalue weighted by molar-refractivity contribution is -0.139. The Bertz CT molecular complexity index is 338. The largest absolute Gasteiger partial charge is 0.496 e. The summed E-state index contributed by atoms with van der Waals surface area (Å²) in [7, 11) is 2.28. The molecule has 1 rings (SSSR count). The second-order valence-corrected chi connectivity index (χ2v) is 3.12. The van der Waals surface area contributed by atoms with Gasteiger partial charge in [0.05, 0.1) is 14.2 Å². The van der Waals surface area contributed by atoms with Gasteiger partial charge >= 0.3 is 6.18 Å². The number of alkyl halides is 3. The summed E-state index contributed by atoms with van der Waals surface area (Å²) in [6.45, 7) is 0. The van der Waals surface area contributed by atoms with Crippen molar-refractivity contribution in [1.82, 2.24) is 0 Å². The minimum Gasteiger partial charge on any atom is -0.496 e. The lowest BCUT2D eigenvalue weighted by Gasteiger charge is -2.15. The van der Waals surface area contributed by atoms with Gasteiger partial charge in [0.1, 0.15) is 17.1 Å². The first-order chi connectivity index (χ1) is 6.90. The predicted octanol–water partition coefficient (Wildman–Crippen LogP) is 3.38. The number of rotatable bonds is 2. The van der Waals surface area contributed by atoms with Crippen molar-refractivity contribution in [3.63, 3.8) is 0 Å². The standard InChI is InChI=1S/C9H8ClF3O2/c1-14-6-3-5(10)4-7(15-2)8(6)9(11,12)13/h3-4H,1-2H3. The van der Waals surface area contributed by atoms with Crippen LogP contribution in [-0.2, 0) is 6.18 Å². The SMILES string of the molecule is COc1cc(Cl)cc(OC)c1C(F)(F)F. The highest BCUT2D eigenvalue weighted by atomic mass is 35.5. The van der Waals surface area contributed by atoms with Crippen molar-refractivity contribution >= 4 is 11.6 Å². The summed E-state index contributed by atoms with van der Waals surface area (Å²) in [6, 6.07) is 2.18. The zero-order valence-corrected chi connectivity index (χ0v) is 8.74. The molecule has 0 aliphatic heterocycles. The van der Waals surface area contributed by atoms with Crippen LogP contribution in [0.15, 0.2) is 12.1 Å². The van der Waals surface area contributed by atoms with Crippen LogP contribution in [0.3, 0.4) is 0 Å². The van der Waals surface area contributed by atoms with Gasteiger partial charge in [0.25, 0.3) is 0 Å². The summed E-state index contributed by atoms with van der Waals surface area (Å²) in [5.41, 5.74) is -0.961. The highest BCUT2D eigenvalue weighted by Gasteiger charge is 2.38. The van der Waals surface area contributed by atoms with Crippen molar-refractivity contribution in [1.29, 1.82) is 0 Å². The van der Waals surface area contributed by atoms with Crippen molar-refractivity contribution in [2.75, 3.05) is 14.2 Å². The van der Waals surface area contributed by atoms with Crippen LogP contribution < -0.4 is 9.47 Å². The molecule has 15 heavy (non-hydrogen) atoms. The Hall–Kier alpha value is -1.10. The van der Waals surface area contributed by atoms with Gasteiger partial charge in [-0.1, -0.05) is 11.6 Å². The Morgan fingerprint density at radius 2 is 1.47 bits per heavy atom. The molecule has 0 amide bonds. The number of hydrogen-bond acceptors (Lipinski definition) is 2. The highest BCUT2D eigenvalue weighted by Crippen LogP contribution is 2.43. The van der Waals surface area contributed by atoms with E-state index in [0.29, 0.717) is 0 Å². The topological polar surface area (TPSA) is 18.5 Å². The average molecular weight is 241 g/mol. The smallest absolute Gasteiger partial charge is 0.423 e. The lowest BCUT2D eigenvalue weighted by Crippen LogP contribution is -2.09. The van der Waals surface area contributed by atoms with Crippen LogP contribution in [0.5, 0.6) is 11.5 Å². The minimum atomic E-state index is -4.54. The van der Waals surface area contributed by atoms with Crippen molar-refractivity contribution in [3.8, 4) is 11.5 Å². The summed E-state index contributed by atoms with van der Waals surface area (Å²) >= 11 is 5.60. The van der Waals surface area contributed by atoms with Gasteiger partial charge in [-0.3, -0.25) is 0 Å². The molecule has 0 bridgehead atoms. The summed E-state index contributed by atoms with van der Waals surface area (Å²) in [5.74, 6) is -0.710. The zero-order valence-electron chi connectivity index (χ0n) is 7.98. The third-order valence-corrected chi connectivity index (χ3v) is 1.97. The number of hydrogen-bond donors (Lipinski definition) is 0. The van der Waals surface area contributed by atoms with E-state index in [4.69, 9.17) is 11.6 Å². The van der Waals surface area contributed by atoms with Crippen LogP contribution in [-0.4, -0.2) is 14.2 Å². The summed E-state index contributed by atoms with van der Waals surface area (Å²) < 4.78 is 47.1. The second kappa shape index (κ2) is 4.18. The summed E-state index contributed by atoms with van der Waals surface area (Å²) in [6.07, 6.45) is -4.54. The Morgan fingerprint density at radius 3 is 1.73 bits per heavy atom. The molecule has 1 aromatic rings. The first-order valence-corrected chi connectivity index (χ1v) is 4.26. The third kappa shape index (κ3) is 2.47. The molecular formula is C9H8ClF3O2. The molecule has 84 valence electrons. The highest BCUT2D eigenvalue weighted by molar-refractivity contribution is 6.30. The molecule has 0 N–H and O–H groups in total. The number of halogens is 4. The average Bonchev–Trinajstić information content (AvgIpc) is 2.14. The first kappa shape index (κ1) is 12.0. The zero-order chi connectivity index (χ0) is 11.6. The molecular weight excluding hydrogens is 233 g/mol. The number of benzene rings is 1. The number of methoxy groups -OCH3 is 2. The maximum atomic E-state index is 12.6. The minimum absolute atomic E-state index is 0.122. The van der Waals surface area contributed by atoms with E-state index >= 15 is 0 Å². The Kier molecular flexibility index (Phi) is 3.34. The molecule has 0 aliphatic carbocycles. The maximum Gasteiger partial charge on any atom is 0.423 e. The van der Waals surface area contributed by atoms with E-state index < -0.39 is 11.7 Å². The summed E-state index contributed by atoms with van der Waals surface area (Å²) in [5, 5.41) is 0.122. The van der Waals surface area contributed by atoms with Crippen LogP contribution in [0.2, 0.25) is 5.02 Å². The van der Waals surface area contributed by atoms with Gasteiger partial charge < -0.3 is 9.47 Å². The van der Waals surface area contributed by atoms with E-state index in [9.17, 15) is 13.2 Å². The monoisotopic (exact) mass is 240 g/mol. The number of ether oxygens (including phenoxy) is 2. The molecule has 1 aromatic carbocycles. The van der Waals surface area contributed by atoms with Crippen LogP contribution in [0, 0.1) is 0 Å². The lowest BCUT2D eigenvalue weighted by atomic mass is 10.1. The van der Waals surface area contributed by atoms with Crippen molar-refractivity contribution in [2.45, 2.75) is 6.18 Å². The van der Waals surface area contributed by atoms with E-state index in [2.05, 4.69) is 9.47 Å². The van der Waals surface area contributed by atoms with E-state index in [1.165, 1.54) is 0 Å². The molecule has 0 unspecified atom stereocenters. The second-order valence-electron chi connectivity index (χ2n) is 2.68. The molecule has 0 aromatic heterocycles. The molecule has 0 fully saturated rings. The predicted molar refractivity (Wildman–Crippen MR) is 49.6 cm³/mol. The molecule has 0 aliphatic rings. The van der Waals surface area contributed by atoms with Gasteiger partial charge in [-0.05, 0) is 12.1 Å². The molecule has 0 saturated carbocycles. The van der Waals surface area contributed by atoms with Crippen LogP contribution >= 0.6 is 11.6 Å². The van der Waals surface area contributed by atoms with E-state index in [-0.39, 0.29) is 16.5 Å². The van der Waals surface area contributed by atoms with Gasteiger partial charge in [-0.2, -0.15) is 13.2 Å². The fourth-order valence-electron chi connectivity index (χ4n) is 1.16. The molecule has 0 radical (unpaired) electrons. The maximum absolute atomic E-state index is 12.6. The van der Waals surface area contributed by atoms with Crippen molar-refractivity contribution in [2.24, 2.45) is 0 Å². The molecule has 0 saturated heterocycles. The van der Waals surface area contributed by atoms with Crippen LogP contribution in [0.4, 0.5) is 13.2 Å². The van der Waals surface area contributed by atoms with Crippen LogP contribution in [0.1, 0.15) is 5.56 Å². The third-order valence-electron chi connectivity index (χ3n) is 1.75. The molecule has 0 heterocycles. The van der Waals surface area contributed by atoms with Gasteiger partial charge in [-0.25, -0.2) is 0 Å². The Morgan fingerprint density at radius 1 is 1.07 bits per heavy atom. The van der Waals surface area contributed by atoms with E-state index in [0.717, 1.165) is 26.4 Å². The van der Waals surface area contributed by atoms with E-state index in [1.807, 2.05) is 0 Å². The van der Waals surface area contributed by atoms with Gasteiger partial charge in [-0.15, -0.1) is 0 Å². The van der Waals surface area contributed by atoms with Crippen molar-refractivity contribution < 1.29 is 22.6 Å². The van der Waals surface area contributed by atoms with Gasteiger partial charge in [0.15, 0.2) is 0 Å².